The van der Waals surface area contributed by atoms with Crippen LogP contribution < -0.4 is 5.32 Å². The molecule has 1 unspecified atom stereocenters. The molecule has 1 saturated heterocycles. The van der Waals surface area contributed by atoms with Crippen molar-refractivity contribution in [1.29, 1.82) is 0 Å². The Morgan fingerprint density at radius 3 is 2.94 bits per heavy atom. The van der Waals surface area contributed by atoms with Crippen LogP contribution in [0.3, 0.4) is 0 Å². The number of morpholine rings is 1. The fourth-order valence-electron chi connectivity index (χ4n) is 4.95. The van der Waals surface area contributed by atoms with Crippen LogP contribution in [0.25, 0.3) is 10.1 Å². The van der Waals surface area contributed by atoms with Gasteiger partial charge < -0.3 is 10.1 Å². The van der Waals surface area contributed by atoms with Gasteiger partial charge in [0, 0.05) is 48.7 Å². The molecule has 1 aliphatic heterocycles. The highest BCUT2D eigenvalue weighted by Crippen LogP contribution is 2.38. The predicted octanol–water partition coefficient (Wildman–Crippen LogP) is 4.54. The smallest absolute Gasteiger partial charge is 0.261 e. The summed E-state index contributed by atoms with van der Waals surface area (Å²) in [5.74, 6) is -0.0364. The molecule has 0 bridgehead atoms. The van der Waals surface area contributed by atoms with E-state index in [4.69, 9.17) is 4.74 Å². The van der Waals surface area contributed by atoms with Crippen LogP contribution in [0.1, 0.15) is 65.0 Å². The Hall–Kier alpha value is -2.22. The molecule has 2 fully saturated rings. The van der Waals surface area contributed by atoms with Crippen LogP contribution in [0.2, 0.25) is 0 Å². The maximum atomic E-state index is 12.6. The van der Waals surface area contributed by atoms with Crippen LogP contribution in [0.4, 0.5) is 0 Å². The minimum Gasteiger partial charge on any atom is -0.371 e. The molecule has 3 aromatic rings. The molecule has 1 amide bonds. The molecule has 5 rings (SSSR count). The molecule has 1 N–H and O–H groups in total. The number of nitrogens with one attached hydrogen (secondary N) is 1. The predicted molar refractivity (Wildman–Crippen MR) is 124 cm³/mol. The Morgan fingerprint density at radius 1 is 1.26 bits per heavy atom. The van der Waals surface area contributed by atoms with E-state index in [1.807, 2.05) is 18.3 Å². The zero-order valence-corrected chi connectivity index (χ0v) is 18.9. The molecule has 2 aromatic heterocycles. The summed E-state index contributed by atoms with van der Waals surface area (Å²) in [6, 6.07) is 8.80. The molecule has 6 nitrogen and oxygen atoms in total. The lowest BCUT2D eigenvalue weighted by Crippen LogP contribution is -2.38. The fourth-order valence-corrected chi connectivity index (χ4v) is 6.15. The van der Waals surface area contributed by atoms with Crippen molar-refractivity contribution in [1.82, 2.24) is 20.0 Å². The van der Waals surface area contributed by atoms with Crippen LogP contribution in [-0.4, -0.2) is 47.3 Å². The summed E-state index contributed by atoms with van der Waals surface area (Å²) in [5, 5.41) is 8.60. The van der Waals surface area contributed by atoms with Crippen LogP contribution in [0, 0.1) is 0 Å². The number of thiophene rings is 1. The van der Waals surface area contributed by atoms with Crippen molar-refractivity contribution in [3.8, 4) is 0 Å². The van der Waals surface area contributed by atoms with Gasteiger partial charge in [-0.1, -0.05) is 37.5 Å². The van der Waals surface area contributed by atoms with E-state index < -0.39 is 0 Å². The van der Waals surface area contributed by atoms with Crippen LogP contribution >= 0.6 is 11.3 Å². The van der Waals surface area contributed by atoms with Crippen LogP contribution in [-0.2, 0) is 11.3 Å². The summed E-state index contributed by atoms with van der Waals surface area (Å²) in [6.45, 7) is 3.20. The number of hydrogen-bond donors (Lipinski definition) is 1. The molecular formula is C24H30N4O2S. The van der Waals surface area contributed by atoms with Crippen molar-refractivity contribution in [3.05, 3.63) is 52.7 Å². The van der Waals surface area contributed by atoms with Crippen LogP contribution in [0.5, 0.6) is 0 Å². The van der Waals surface area contributed by atoms with E-state index in [-0.39, 0.29) is 12.0 Å². The zero-order chi connectivity index (χ0) is 21.2. The molecule has 0 spiro atoms. The lowest BCUT2D eigenvalue weighted by Gasteiger charge is -2.33. The van der Waals surface area contributed by atoms with Gasteiger partial charge in [-0.25, -0.2) is 0 Å². The monoisotopic (exact) mass is 438 g/mol. The van der Waals surface area contributed by atoms with Crippen molar-refractivity contribution in [2.75, 3.05) is 26.7 Å². The lowest BCUT2D eigenvalue weighted by atomic mass is 9.96. The van der Waals surface area contributed by atoms with Crippen molar-refractivity contribution < 1.29 is 9.53 Å². The molecule has 164 valence electrons. The van der Waals surface area contributed by atoms with Gasteiger partial charge in [0.05, 0.1) is 29.8 Å². The number of carbonyl (C=O) groups is 1. The summed E-state index contributed by atoms with van der Waals surface area (Å²) in [5.41, 5.74) is 2.29. The molecule has 0 radical (unpaired) electrons. The first-order valence-corrected chi connectivity index (χ1v) is 12.1. The second-order valence-electron chi connectivity index (χ2n) is 8.64. The van der Waals surface area contributed by atoms with Crippen molar-refractivity contribution >= 4 is 27.3 Å². The Balaban J connectivity index is 1.34. The fraction of sp³-hybridized carbons (Fsp3) is 0.500. The molecule has 1 aliphatic carbocycles. The number of benzene rings is 1. The standard InChI is InChI=1S/C24H30N4O2S/c1-25-24(29)23-22(19-9-5-6-10-21(19)31-23)20-16-27(11-12-30-20)14-17-13-26-28(15-17)18-7-3-2-4-8-18/h5-6,9-10,13,15,18,20H,2-4,7-8,11-12,14,16H2,1H3,(H,25,29). The molecule has 1 atom stereocenters. The first-order chi connectivity index (χ1) is 15.2. The number of fused-ring (bicyclic) bond motifs is 1. The Kier molecular flexibility index (Phi) is 6.07. The normalized spacial score (nSPS) is 20.9. The molecule has 2 aliphatic rings. The summed E-state index contributed by atoms with van der Waals surface area (Å²) in [6.07, 6.45) is 10.6. The van der Waals surface area contributed by atoms with E-state index in [1.165, 1.54) is 37.7 Å². The Bertz CT molecular complexity index is 1050. The average molecular weight is 439 g/mol. The SMILES string of the molecule is CNC(=O)c1sc2ccccc2c1C1CN(Cc2cnn(C3CCCCC3)c2)CCO1. The van der Waals surface area contributed by atoms with Gasteiger partial charge in [0.2, 0.25) is 0 Å². The highest BCUT2D eigenvalue weighted by molar-refractivity contribution is 7.21. The van der Waals surface area contributed by atoms with Gasteiger partial charge in [0.15, 0.2) is 0 Å². The lowest BCUT2D eigenvalue weighted by molar-refractivity contribution is -0.0323. The largest absolute Gasteiger partial charge is 0.371 e. The minimum absolute atomic E-state index is 0.0364. The number of ether oxygens (including phenoxy) is 1. The first-order valence-electron chi connectivity index (χ1n) is 11.3. The van der Waals surface area contributed by atoms with Gasteiger partial charge in [0.1, 0.15) is 0 Å². The zero-order valence-electron chi connectivity index (χ0n) is 18.0. The number of hydrogen-bond acceptors (Lipinski definition) is 5. The van der Waals surface area contributed by atoms with Gasteiger partial charge in [-0.3, -0.25) is 14.4 Å². The van der Waals surface area contributed by atoms with Crippen molar-refractivity contribution in [2.45, 2.75) is 50.8 Å². The number of amides is 1. The summed E-state index contributed by atoms with van der Waals surface area (Å²) < 4.78 is 9.51. The van der Waals surface area contributed by atoms with E-state index in [0.717, 1.165) is 40.2 Å². The maximum Gasteiger partial charge on any atom is 0.261 e. The highest BCUT2D eigenvalue weighted by atomic mass is 32.1. The second-order valence-corrected chi connectivity index (χ2v) is 9.69. The van der Waals surface area contributed by atoms with E-state index in [1.54, 1.807) is 18.4 Å². The molecule has 7 heteroatoms. The third-order valence-electron chi connectivity index (χ3n) is 6.55. The Morgan fingerprint density at radius 2 is 2.10 bits per heavy atom. The molecule has 1 aromatic carbocycles. The second kappa shape index (κ2) is 9.10. The summed E-state index contributed by atoms with van der Waals surface area (Å²) in [7, 11) is 1.69. The number of rotatable bonds is 5. The maximum absolute atomic E-state index is 12.6. The third-order valence-corrected chi connectivity index (χ3v) is 7.74. The Labute approximate surface area is 187 Å². The minimum atomic E-state index is -0.106. The van der Waals surface area contributed by atoms with Crippen LogP contribution in [0.15, 0.2) is 36.7 Å². The average Bonchev–Trinajstić information content (AvgIpc) is 3.44. The van der Waals surface area contributed by atoms with Gasteiger partial charge in [-0.15, -0.1) is 11.3 Å². The molecule has 1 saturated carbocycles. The summed E-state index contributed by atoms with van der Waals surface area (Å²) in [4.78, 5) is 15.8. The van der Waals surface area contributed by atoms with E-state index in [0.29, 0.717) is 12.6 Å². The number of nitrogens with zero attached hydrogens (tertiary/aromatic N) is 3. The van der Waals surface area contributed by atoms with Gasteiger partial charge in [-0.2, -0.15) is 5.10 Å². The van der Waals surface area contributed by atoms with Crippen molar-refractivity contribution in [3.63, 3.8) is 0 Å². The molecular weight excluding hydrogens is 408 g/mol. The van der Waals surface area contributed by atoms with E-state index in [2.05, 4.69) is 38.3 Å². The first kappa shape index (κ1) is 20.7. The molecule has 31 heavy (non-hydrogen) atoms. The number of aromatic nitrogens is 2. The topological polar surface area (TPSA) is 59.4 Å². The van der Waals surface area contributed by atoms with E-state index >= 15 is 0 Å². The van der Waals surface area contributed by atoms with Gasteiger partial charge in [-0.05, 0) is 24.3 Å². The van der Waals surface area contributed by atoms with E-state index in [9.17, 15) is 4.79 Å². The molecule has 3 heterocycles. The van der Waals surface area contributed by atoms with Gasteiger partial charge in [0.25, 0.3) is 5.91 Å². The third kappa shape index (κ3) is 4.27. The van der Waals surface area contributed by atoms with Crippen molar-refractivity contribution in [2.24, 2.45) is 0 Å². The summed E-state index contributed by atoms with van der Waals surface area (Å²) >= 11 is 1.55. The number of carbonyl (C=O) groups excluding carboxylic acids is 1. The highest BCUT2D eigenvalue weighted by Gasteiger charge is 2.29. The van der Waals surface area contributed by atoms with Gasteiger partial charge >= 0.3 is 0 Å². The quantitative estimate of drug-likeness (QED) is 0.636.